The van der Waals surface area contributed by atoms with Gasteiger partial charge in [-0.1, -0.05) is 6.08 Å². The van der Waals surface area contributed by atoms with Gasteiger partial charge in [0.2, 0.25) is 0 Å². The number of likely N-dealkylation sites (N-methyl/N-ethyl adjacent to an activating group) is 1. The zero-order valence-electron chi connectivity index (χ0n) is 13.4. The van der Waals surface area contributed by atoms with Gasteiger partial charge in [-0.05, 0) is 52.3 Å². The lowest BCUT2D eigenvalue weighted by Gasteiger charge is -2.32. The zero-order chi connectivity index (χ0) is 15.7. The molecule has 2 rings (SSSR count). The Bertz CT molecular complexity index is 527. The van der Waals surface area contributed by atoms with E-state index in [1.54, 1.807) is 6.20 Å². The molecular formula is C15H24BN3O2. The van der Waals surface area contributed by atoms with Crippen LogP contribution in [0, 0.1) is 0 Å². The SMILES string of the molecule is CNCC(=Cc1cccnc1N)B1OC(C)(C)C(C)(C)O1. The quantitative estimate of drug-likeness (QED) is 0.828. The van der Waals surface area contributed by atoms with Crippen molar-refractivity contribution in [1.29, 1.82) is 0 Å². The lowest BCUT2D eigenvalue weighted by molar-refractivity contribution is 0.00578. The van der Waals surface area contributed by atoms with E-state index in [2.05, 4.69) is 10.3 Å². The summed E-state index contributed by atoms with van der Waals surface area (Å²) in [7, 11) is 1.51. The first-order valence-corrected chi connectivity index (χ1v) is 7.18. The molecule has 0 amide bonds. The molecule has 0 bridgehead atoms. The van der Waals surface area contributed by atoms with Gasteiger partial charge < -0.3 is 20.4 Å². The van der Waals surface area contributed by atoms with Crippen LogP contribution in [0.3, 0.4) is 0 Å². The van der Waals surface area contributed by atoms with Gasteiger partial charge in [-0.25, -0.2) is 4.98 Å². The van der Waals surface area contributed by atoms with Gasteiger partial charge in [-0.15, -0.1) is 0 Å². The van der Waals surface area contributed by atoms with Crippen LogP contribution in [0.5, 0.6) is 0 Å². The van der Waals surface area contributed by atoms with Gasteiger partial charge in [-0.3, -0.25) is 0 Å². The molecule has 0 saturated carbocycles. The summed E-state index contributed by atoms with van der Waals surface area (Å²) in [6.45, 7) is 8.83. The number of hydrogen-bond acceptors (Lipinski definition) is 5. The third-order valence-corrected chi connectivity index (χ3v) is 4.15. The highest BCUT2D eigenvalue weighted by Crippen LogP contribution is 2.38. The van der Waals surface area contributed by atoms with Gasteiger partial charge in [0.15, 0.2) is 0 Å². The maximum atomic E-state index is 6.10. The zero-order valence-corrected chi connectivity index (χ0v) is 13.4. The molecule has 6 heteroatoms. The minimum Gasteiger partial charge on any atom is -0.400 e. The van der Waals surface area contributed by atoms with Crippen molar-refractivity contribution < 1.29 is 9.31 Å². The molecule has 114 valence electrons. The molecule has 0 atom stereocenters. The van der Waals surface area contributed by atoms with E-state index in [0.717, 1.165) is 11.0 Å². The molecule has 0 aliphatic carbocycles. The Morgan fingerprint density at radius 2 is 1.95 bits per heavy atom. The van der Waals surface area contributed by atoms with E-state index in [4.69, 9.17) is 15.0 Å². The highest BCUT2D eigenvalue weighted by atomic mass is 16.7. The minimum atomic E-state index is -0.387. The first kappa shape index (κ1) is 16.0. The Morgan fingerprint density at radius 1 is 1.33 bits per heavy atom. The van der Waals surface area contributed by atoms with Gasteiger partial charge >= 0.3 is 7.12 Å². The second-order valence-electron chi connectivity index (χ2n) is 6.32. The molecule has 3 N–H and O–H groups in total. The van der Waals surface area contributed by atoms with E-state index in [9.17, 15) is 0 Å². The Balaban J connectivity index is 2.31. The number of nitrogens with two attached hydrogens (primary N) is 1. The van der Waals surface area contributed by atoms with Crippen molar-refractivity contribution >= 4 is 19.0 Å². The van der Waals surface area contributed by atoms with Crippen LogP contribution in [0.1, 0.15) is 33.3 Å². The fourth-order valence-electron chi connectivity index (χ4n) is 2.15. The average Bonchev–Trinajstić information content (AvgIpc) is 2.60. The third kappa shape index (κ3) is 3.28. The molecule has 5 nitrogen and oxygen atoms in total. The van der Waals surface area contributed by atoms with Crippen molar-refractivity contribution in [1.82, 2.24) is 10.3 Å². The van der Waals surface area contributed by atoms with Gasteiger partial charge in [-0.2, -0.15) is 0 Å². The minimum absolute atomic E-state index is 0.356. The molecule has 1 aromatic rings. The summed E-state index contributed by atoms with van der Waals surface area (Å²) >= 11 is 0. The standard InChI is InChI=1S/C15H24BN3O2/c1-14(2)15(3,4)21-16(20-14)12(10-18-5)9-11-7-6-8-19-13(11)17/h6-9,18H,10H2,1-5H3,(H2,17,19). The van der Waals surface area contributed by atoms with E-state index >= 15 is 0 Å². The van der Waals surface area contributed by atoms with Crippen LogP contribution in [0.15, 0.2) is 23.8 Å². The molecule has 0 unspecified atom stereocenters. The predicted octanol–water partition coefficient (Wildman–Crippen LogP) is 1.90. The van der Waals surface area contributed by atoms with Crippen molar-refractivity contribution in [2.45, 2.75) is 38.9 Å². The molecule has 2 heterocycles. The van der Waals surface area contributed by atoms with E-state index in [0.29, 0.717) is 12.4 Å². The summed E-state index contributed by atoms with van der Waals surface area (Å²) in [6, 6.07) is 3.80. The number of rotatable bonds is 4. The summed E-state index contributed by atoms with van der Waals surface area (Å²) in [6.07, 6.45) is 3.67. The molecule has 1 fully saturated rings. The monoisotopic (exact) mass is 289 g/mol. The van der Waals surface area contributed by atoms with E-state index < -0.39 is 0 Å². The number of nitrogen functional groups attached to an aromatic ring is 1. The molecular weight excluding hydrogens is 265 g/mol. The number of hydrogen-bond donors (Lipinski definition) is 2. The summed E-state index contributed by atoms with van der Waals surface area (Å²) < 4.78 is 12.2. The summed E-state index contributed by atoms with van der Waals surface area (Å²) in [4.78, 5) is 4.11. The van der Waals surface area contributed by atoms with Crippen molar-refractivity contribution in [3.8, 4) is 0 Å². The number of nitrogens with zero attached hydrogens (tertiary/aromatic N) is 1. The Kier molecular flexibility index (Phi) is 4.42. The topological polar surface area (TPSA) is 69.4 Å². The van der Waals surface area contributed by atoms with Crippen LogP contribution in [-0.4, -0.2) is 36.9 Å². The molecule has 1 saturated heterocycles. The van der Waals surface area contributed by atoms with Crippen LogP contribution in [0.4, 0.5) is 5.82 Å². The van der Waals surface area contributed by atoms with Crippen LogP contribution < -0.4 is 11.1 Å². The Hall–Kier alpha value is -1.37. The number of pyridine rings is 1. The number of anilines is 1. The third-order valence-electron chi connectivity index (χ3n) is 4.15. The lowest BCUT2D eigenvalue weighted by Crippen LogP contribution is -2.41. The number of nitrogens with one attached hydrogen (secondary N) is 1. The smallest absolute Gasteiger partial charge is 0.400 e. The second-order valence-corrected chi connectivity index (χ2v) is 6.32. The Labute approximate surface area is 127 Å². The van der Waals surface area contributed by atoms with Crippen molar-refractivity contribution in [2.75, 3.05) is 19.3 Å². The molecule has 0 radical (unpaired) electrons. The summed E-state index contributed by atoms with van der Waals surface area (Å²) in [5, 5.41) is 3.15. The Morgan fingerprint density at radius 3 is 2.48 bits per heavy atom. The van der Waals surface area contributed by atoms with Crippen molar-refractivity contribution in [3.05, 3.63) is 29.4 Å². The molecule has 1 aliphatic rings. The van der Waals surface area contributed by atoms with Crippen molar-refractivity contribution in [2.24, 2.45) is 0 Å². The maximum Gasteiger partial charge on any atom is 0.491 e. The van der Waals surface area contributed by atoms with Crippen LogP contribution in [-0.2, 0) is 9.31 Å². The maximum absolute atomic E-state index is 6.10. The highest BCUT2D eigenvalue weighted by molar-refractivity contribution is 6.56. The predicted molar refractivity (Wildman–Crippen MR) is 86.6 cm³/mol. The molecule has 1 aromatic heterocycles. The normalized spacial score (nSPS) is 20.8. The highest BCUT2D eigenvalue weighted by Gasteiger charge is 2.52. The lowest BCUT2D eigenvalue weighted by atomic mass is 9.77. The summed E-state index contributed by atoms with van der Waals surface area (Å²) in [5.74, 6) is 0.502. The fourth-order valence-corrected chi connectivity index (χ4v) is 2.15. The van der Waals surface area contributed by atoms with Crippen LogP contribution in [0.25, 0.3) is 6.08 Å². The molecule has 0 spiro atoms. The summed E-state index contributed by atoms with van der Waals surface area (Å²) in [5.41, 5.74) is 7.07. The van der Waals surface area contributed by atoms with Crippen LogP contribution >= 0.6 is 0 Å². The van der Waals surface area contributed by atoms with Crippen molar-refractivity contribution in [3.63, 3.8) is 0 Å². The van der Waals surface area contributed by atoms with Gasteiger partial charge in [0.25, 0.3) is 0 Å². The van der Waals surface area contributed by atoms with Gasteiger partial charge in [0, 0.05) is 18.3 Å². The van der Waals surface area contributed by atoms with Gasteiger partial charge in [0.1, 0.15) is 5.82 Å². The van der Waals surface area contributed by atoms with E-state index in [1.165, 1.54) is 0 Å². The second kappa shape index (κ2) is 5.79. The van der Waals surface area contributed by atoms with E-state index in [-0.39, 0.29) is 18.3 Å². The average molecular weight is 289 g/mol. The molecule has 1 aliphatic heterocycles. The molecule has 21 heavy (non-hydrogen) atoms. The largest absolute Gasteiger partial charge is 0.491 e. The first-order chi connectivity index (χ1) is 9.77. The fraction of sp³-hybridized carbons (Fsp3) is 0.533. The van der Waals surface area contributed by atoms with Crippen LogP contribution in [0.2, 0.25) is 0 Å². The number of aromatic nitrogens is 1. The van der Waals surface area contributed by atoms with E-state index in [1.807, 2.05) is 53.0 Å². The molecule has 0 aromatic carbocycles. The van der Waals surface area contributed by atoms with Gasteiger partial charge in [0.05, 0.1) is 11.2 Å². The first-order valence-electron chi connectivity index (χ1n) is 7.18.